The average Bonchev–Trinajstić information content (AvgIpc) is 3.04. The maximum absolute atomic E-state index is 12.4. The average molecular weight is 330 g/mol. The molecule has 3 rings (SSSR count). The van der Waals surface area contributed by atoms with E-state index in [-0.39, 0.29) is 5.91 Å². The van der Waals surface area contributed by atoms with Gasteiger partial charge in [-0.1, -0.05) is 12.1 Å². The number of aromatic nitrogens is 1. The molecule has 122 valence electrons. The van der Waals surface area contributed by atoms with E-state index in [0.29, 0.717) is 18.3 Å². The maximum Gasteiger partial charge on any atom is 0.273 e. The molecule has 0 saturated carbocycles. The zero-order valence-corrected chi connectivity index (χ0v) is 14.1. The van der Waals surface area contributed by atoms with Gasteiger partial charge in [0.2, 0.25) is 0 Å². The molecular weight excluding hydrogens is 308 g/mol. The summed E-state index contributed by atoms with van der Waals surface area (Å²) < 4.78 is 0. The molecule has 3 N–H and O–H groups in total. The number of anilines is 1. The van der Waals surface area contributed by atoms with Gasteiger partial charge in [0.1, 0.15) is 10.7 Å². The van der Waals surface area contributed by atoms with Crippen molar-refractivity contribution < 1.29 is 4.79 Å². The highest BCUT2D eigenvalue weighted by atomic mass is 32.1. The van der Waals surface area contributed by atoms with Gasteiger partial charge in [0.15, 0.2) is 0 Å². The third kappa shape index (κ3) is 3.89. The van der Waals surface area contributed by atoms with Crippen molar-refractivity contribution in [2.45, 2.75) is 32.4 Å². The van der Waals surface area contributed by atoms with Crippen molar-refractivity contribution in [1.82, 2.24) is 9.88 Å². The highest BCUT2D eigenvalue weighted by Crippen LogP contribution is 2.19. The third-order valence-electron chi connectivity index (χ3n) is 4.12. The Morgan fingerprint density at radius 1 is 1.43 bits per heavy atom. The zero-order chi connectivity index (χ0) is 16.2. The lowest BCUT2D eigenvalue weighted by molar-refractivity contribution is 0.0713. The van der Waals surface area contributed by atoms with Crippen molar-refractivity contribution in [3.63, 3.8) is 0 Å². The molecule has 0 spiro atoms. The fraction of sp³-hybridized carbons (Fsp3) is 0.412. The Morgan fingerprint density at radius 2 is 2.22 bits per heavy atom. The number of rotatable bonds is 4. The number of benzene rings is 1. The molecule has 1 aliphatic heterocycles. The van der Waals surface area contributed by atoms with E-state index in [1.165, 1.54) is 16.9 Å². The lowest BCUT2D eigenvalue weighted by atomic mass is 10.0. The summed E-state index contributed by atoms with van der Waals surface area (Å²) in [5.74, 6) is 0.0231. The van der Waals surface area contributed by atoms with Gasteiger partial charge in [-0.15, -0.1) is 11.3 Å². The maximum atomic E-state index is 12.4. The molecule has 6 heteroatoms. The summed E-state index contributed by atoms with van der Waals surface area (Å²) in [5, 5.41) is 6.18. The Kier molecular flexibility index (Phi) is 4.93. The molecule has 1 saturated heterocycles. The molecule has 0 atom stereocenters. The van der Waals surface area contributed by atoms with Gasteiger partial charge >= 0.3 is 0 Å². The predicted octanol–water partition coefficient (Wildman–Crippen LogP) is 2.63. The molecule has 2 heterocycles. The van der Waals surface area contributed by atoms with Crippen LogP contribution in [0.5, 0.6) is 0 Å². The van der Waals surface area contributed by atoms with E-state index in [0.717, 1.165) is 36.6 Å². The molecule has 1 amide bonds. The van der Waals surface area contributed by atoms with Crippen LogP contribution in [0, 0.1) is 6.92 Å². The number of hydrogen-bond acceptors (Lipinski definition) is 5. The Labute approximate surface area is 140 Å². The highest BCUT2D eigenvalue weighted by Gasteiger charge is 2.24. The van der Waals surface area contributed by atoms with Crippen LogP contribution in [0.3, 0.4) is 0 Å². The minimum Gasteiger partial charge on any atom is -0.382 e. The van der Waals surface area contributed by atoms with Gasteiger partial charge in [0, 0.05) is 36.7 Å². The second-order valence-electron chi connectivity index (χ2n) is 5.91. The quantitative estimate of drug-likeness (QED) is 0.904. The number of aryl methyl sites for hydroxylation is 1. The monoisotopic (exact) mass is 330 g/mol. The Balaban J connectivity index is 1.54. The zero-order valence-electron chi connectivity index (χ0n) is 13.3. The number of amides is 1. The Morgan fingerprint density at radius 3 is 2.87 bits per heavy atom. The number of carbonyl (C=O) groups is 1. The molecule has 1 aromatic heterocycles. The van der Waals surface area contributed by atoms with Gasteiger partial charge in [-0.3, -0.25) is 4.79 Å². The summed E-state index contributed by atoms with van der Waals surface area (Å²) in [6.45, 7) is 4.01. The van der Waals surface area contributed by atoms with E-state index in [4.69, 9.17) is 5.73 Å². The van der Waals surface area contributed by atoms with Gasteiger partial charge in [0.25, 0.3) is 5.91 Å². The number of hydrogen-bond donors (Lipinski definition) is 2. The highest BCUT2D eigenvalue weighted by molar-refractivity contribution is 7.09. The van der Waals surface area contributed by atoms with Gasteiger partial charge in [-0.05, 0) is 37.5 Å². The van der Waals surface area contributed by atoms with Crippen LogP contribution < -0.4 is 11.1 Å². The van der Waals surface area contributed by atoms with Crippen molar-refractivity contribution in [3.8, 4) is 0 Å². The van der Waals surface area contributed by atoms with E-state index in [2.05, 4.69) is 41.5 Å². The second-order valence-corrected chi connectivity index (χ2v) is 6.85. The van der Waals surface area contributed by atoms with Crippen LogP contribution >= 0.6 is 11.3 Å². The first-order valence-corrected chi connectivity index (χ1v) is 8.80. The molecule has 5 nitrogen and oxygen atoms in total. The standard InChI is InChI=1S/C17H22N4OS/c1-12-3-2-4-14(9-12)19-13-5-7-21(8-6-13)17(22)15-11-23-16(10-18)20-15/h2-4,9,11,13,19H,5-8,10,18H2,1H3. The summed E-state index contributed by atoms with van der Waals surface area (Å²) in [5.41, 5.74) is 8.49. The van der Waals surface area contributed by atoms with Crippen LogP contribution in [0.4, 0.5) is 5.69 Å². The Hall–Kier alpha value is -1.92. The van der Waals surface area contributed by atoms with Gasteiger partial charge in [0.05, 0.1) is 0 Å². The molecule has 1 aliphatic rings. The van der Waals surface area contributed by atoms with Crippen LogP contribution in [0.15, 0.2) is 29.6 Å². The molecular formula is C17H22N4OS. The van der Waals surface area contributed by atoms with Crippen molar-refractivity contribution in [2.75, 3.05) is 18.4 Å². The molecule has 1 aromatic carbocycles. The van der Waals surface area contributed by atoms with Crippen LogP contribution in [0.2, 0.25) is 0 Å². The molecule has 1 fully saturated rings. The number of thiazole rings is 1. The van der Waals surface area contributed by atoms with Crippen molar-refractivity contribution in [2.24, 2.45) is 5.73 Å². The summed E-state index contributed by atoms with van der Waals surface area (Å²) in [6.07, 6.45) is 1.90. The number of nitrogens with two attached hydrogens (primary N) is 1. The lowest BCUT2D eigenvalue weighted by Gasteiger charge is -2.32. The molecule has 23 heavy (non-hydrogen) atoms. The fourth-order valence-corrected chi connectivity index (χ4v) is 3.51. The number of carbonyl (C=O) groups excluding carboxylic acids is 1. The normalized spacial score (nSPS) is 15.7. The first kappa shape index (κ1) is 16.0. The van der Waals surface area contributed by atoms with Gasteiger partial charge in [-0.25, -0.2) is 4.98 Å². The summed E-state index contributed by atoms with van der Waals surface area (Å²) in [6, 6.07) is 8.81. The summed E-state index contributed by atoms with van der Waals surface area (Å²) in [4.78, 5) is 18.6. The van der Waals surface area contributed by atoms with Crippen molar-refractivity contribution >= 4 is 22.9 Å². The van der Waals surface area contributed by atoms with Gasteiger partial charge in [-0.2, -0.15) is 0 Å². The minimum absolute atomic E-state index is 0.0231. The summed E-state index contributed by atoms with van der Waals surface area (Å²) >= 11 is 1.45. The fourth-order valence-electron chi connectivity index (χ4n) is 2.86. The largest absolute Gasteiger partial charge is 0.382 e. The summed E-state index contributed by atoms with van der Waals surface area (Å²) in [7, 11) is 0. The number of likely N-dealkylation sites (tertiary alicyclic amines) is 1. The lowest BCUT2D eigenvalue weighted by Crippen LogP contribution is -2.42. The van der Waals surface area contributed by atoms with Crippen molar-refractivity contribution in [1.29, 1.82) is 0 Å². The van der Waals surface area contributed by atoms with E-state index < -0.39 is 0 Å². The molecule has 0 radical (unpaired) electrons. The number of piperidine rings is 1. The molecule has 0 bridgehead atoms. The van der Waals surface area contributed by atoms with E-state index in [9.17, 15) is 4.79 Å². The Bertz CT molecular complexity index is 677. The predicted molar refractivity (Wildman–Crippen MR) is 93.7 cm³/mol. The number of nitrogens with one attached hydrogen (secondary N) is 1. The third-order valence-corrected chi connectivity index (χ3v) is 4.99. The van der Waals surface area contributed by atoms with Crippen LogP contribution in [0.25, 0.3) is 0 Å². The van der Waals surface area contributed by atoms with Gasteiger partial charge < -0.3 is 16.0 Å². The van der Waals surface area contributed by atoms with Crippen molar-refractivity contribution in [3.05, 3.63) is 45.9 Å². The first-order chi connectivity index (χ1) is 11.2. The van der Waals surface area contributed by atoms with Crippen LogP contribution in [0.1, 0.15) is 33.9 Å². The SMILES string of the molecule is Cc1cccc(NC2CCN(C(=O)c3csc(CN)n3)CC2)c1. The topological polar surface area (TPSA) is 71.2 Å². The molecule has 2 aromatic rings. The first-order valence-electron chi connectivity index (χ1n) is 7.92. The van der Waals surface area contributed by atoms with Crippen LogP contribution in [-0.4, -0.2) is 34.9 Å². The molecule has 0 aliphatic carbocycles. The van der Waals surface area contributed by atoms with E-state index in [1.807, 2.05) is 10.3 Å². The van der Waals surface area contributed by atoms with E-state index >= 15 is 0 Å². The smallest absolute Gasteiger partial charge is 0.273 e. The number of nitrogens with zero attached hydrogens (tertiary/aromatic N) is 2. The molecule has 0 unspecified atom stereocenters. The second kappa shape index (κ2) is 7.10. The minimum atomic E-state index is 0.0231. The van der Waals surface area contributed by atoms with E-state index in [1.54, 1.807) is 0 Å². The van der Waals surface area contributed by atoms with Crippen LogP contribution in [-0.2, 0) is 6.54 Å².